The van der Waals surface area contributed by atoms with Crippen molar-refractivity contribution in [2.75, 3.05) is 13.2 Å². The van der Waals surface area contributed by atoms with Crippen LogP contribution in [-0.2, 0) is 0 Å². The molecule has 3 aromatic heterocycles. The molecule has 0 radical (unpaired) electrons. The van der Waals surface area contributed by atoms with Crippen molar-refractivity contribution in [1.82, 2.24) is 20.5 Å². The topological polar surface area (TPSA) is 79.9 Å². The number of carbonyl (C=O) groups is 1. The van der Waals surface area contributed by atoms with Gasteiger partial charge in [-0.05, 0) is 12.1 Å². The Morgan fingerprint density at radius 2 is 2.32 bits per heavy atom. The van der Waals surface area contributed by atoms with Gasteiger partial charge in [-0.1, -0.05) is 23.2 Å². The van der Waals surface area contributed by atoms with E-state index in [2.05, 4.69) is 20.5 Å². The predicted molar refractivity (Wildman–Crippen MR) is 86.1 cm³/mol. The van der Waals surface area contributed by atoms with Crippen molar-refractivity contribution in [3.63, 3.8) is 0 Å². The smallest absolute Gasteiger partial charge is 0.267 e. The second kappa shape index (κ2) is 6.51. The maximum atomic E-state index is 12.0. The lowest BCUT2D eigenvalue weighted by Gasteiger charge is -2.05. The second-order valence-corrected chi connectivity index (χ2v) is 6.31. The highest BCUT2D eigenvalue weighted by molar-refractivity contribution is 7.23. The number of aromatic nitrogens is 3. The Labute approximate surface area is 139 Å². The average molecular weight is 357 g/mol. The highest BCUT2D eigenvalue weighted by atomic mass is 35.5. The van der Waals surface area contributed by atoms with E-state index < -0.39 is 0 Å². The Kier molecular flexibility index (Phi) is 4.47. The number of thiophene rings is 1. The molecule has 0 bridgehead atoms. The Bertz CT molecular complexity index is 803. The number of rotatable bonds is 5. The molecule has 1 amide bonds. The van der Waals surface area contributed by atoms with Gasteiger partial charge in [-0.25, -0.2) is 0 Å². The highest BCUT2D eigenvalue weighted by Gasteiger charge is 2.15. The van der Waals surface area contributed by atoms with Gasteiger partial charge in [0.1, 0.15) is 16.6 Å². The molecule has 0 saturated heterocycles. The van der Waals surface area contributed by atoms with E-state index in [0.717, 1.165) is 4.70 Å². The lowest BCUT2D eigenvalue weighted by atomic mass is 10.4. The van der Waals surface area contributed by atoms with Crippen molar-refractivity contribution in [1.29, 1.82) is 0 Å². The van der Waals surface area contributed by atoms with Crippen LogP contribution < -0.4 is 10.1 Å². The monoisotopic (exact) mass is 356 g/mol. The summed E-state index contributed by atoms with van der Waals surface area (Å²) in [7, 11) is 0. The molecule has 0 spiro atoms. The van der Waals surface area contributed by atoms with Gasteiger partial charge in [0.15, 0.2) is 0 Å². The molecule has 6 nitrogen and oxygen atoms in total. The fraction of sp³-hybridized carbons (Fsp3) is 0.154. The van der Waals surface area contributed by atoms with E-state index in [4.69, 9.17) is 27.9 Å². The molecular weight excluding hydrogens is 347 g/mol. The van der Waals surface area contributed by atoms with Crippen LogP contribution in [0.1, 0.15) is 10.5 Å². The van der Waals surface area contributed by atoms with Gasteiger partial charge in [0.25, 0.3) is 5.91 Å². The molecule has 0 aliphatic carbocycles. The van der Waals surface area contributed by atoms with Crippen molar-refractivity contribution in [2.45, 2.75) is 0 Å². The number of amides is 1. The molecule has 0 atom stereocenters. The summed E-state index contributed by atoms with van der Waals surface area (Å²) in [5.41, 5.74) is 1.11. The zero-order chi connectivity index (χ0) is 15.5. The van der Waals surface area contributed by atoms with Crippen LogP contribution in [0.2, 0.25) is 9.36 Å². The molecule has 0 saturated carbocycles. The van der Waals surface area contributed by atoms with Crippen LogP contribution in [0.5, 0.6) is 5.88 Å². The molecule has 3 aromatic rings. The Morgan fingerprint density at radius 1 is 1.45 bits per heavy atom. The molecule has 9 heteroatoms. The number of hydrogen-bond donors (Lipinski definition) is 2. The third-order valence-electron chi connectivity index (χ3n) is 2.80. The summed E-state index contributed by atoms with van der Waals surface area (Å²) in [4.78, 5) is 15.0. The van der Waals surface area contributed by atoms with Crippen LogP contribution in [0.15, 0.2) is 24.4 Å². The molecule has 0 fully saturated rings. The Morgan fingerprint density at radius 3 is 3.05 bits per heavy atom. The number of H-pyrrole nitrogens is 1. The third-order valence-corrected chi connectivity index (χ3v) is 4.74. The minimum Gasteiger partial charge on any atom is -0.475 e. The van der Waals surface area contributed by atoms with E-state index in [0.29, 0.717) is 39.6 Å². The van der Waals surface area contributed by atoms with Gasteiger partial charge in [0, 0.05) is 12.3 Å². The fourth-order valence-corrected chi connectivity index (χ4v) is 3.30. The van der Waals surface area contributed by atoms with Crippen LogP contribution in [0.25, 0.3) is 10.2 Å². The van der Waals surface area contributed by atoms with Gasteiger partial charge in [-0.15, -0.1) is 16.4 Å². The predicted octanol–water partition coefficient (Wildman–Crippen LogP) is 3.14. The lowest BCUT2D eigenvalue weighted by molar-refractivity contribution is 0.0942. The summed E-state index contributed by atoms with van der Waals surface area (Å²) in [6.07, 6.45) is 1.56. The quantitative estimate of drug-likeness (QED) is 0.688. The largest absolute Gasteiger partial charge is 0.475 e. The zero-order valence-electron chi connectivity index (χ0n) is 11.1. The van der Waals surface area contributed by atoms with Crippen LogP contribution in [0.3, 0.4) is 0 Å². The summed E-state index contributed by atoms with van der Waals surface area (Å²) in [5.74, 6) is 0.178. The maximum Gasteiger partial charge on any atom is 0.267 e. The van der Waals surface area contributed by atoms with Gasteiger partial charge in [-0.2, -0.15) is 5.10 Å². The molecular formula is C13H10Cl2N4O2S. The molecule has 0 aliphatic heterocycles. The first-order chi connectivity index (χ1) is 10.6. The van der Waals surface area contributed by atoms with E-state index in [1.165, 1.54) is 11.3 Å². The van der Waals surface area contributed by atoms with Crippen LogP contribution >= 0.6 is 34.5 Å². The van der Waals surface area contributed by atoms with Crippen molar-refractivity contribution in [2.24, 2.45) is 0 Å². The summed E-state index contributed by atoms with van der Waals surface area (Å²) in [6.45, 7) is 0.642. The third kappa shape index (κ3) is 3.16. The van der Waals surface area contributed by atoms with Crippen molar-refractivity contribution in [3.05, 3.63) is 39.4 Å². The molecule has 114 valence electrons. The Balaban J connectivity index is 1.55. The first-order valence-electron chi connectivity index (χ1n) is 6.30. The van der Waals surface area contributed by atoms with E-state index >= 15 is 0 Å². The average Bonchev–Trinajstić information content (AvgIpc) is 3.05. The van der Waals surface area contributed by atoms with Crippen molar-refractivity contribution in [3.8, 4) is 5.88 Å². The number of hydrogen-bond acceptors (Lipinski definition) is 5. The molecule has 2 N–H and O–H groups in total. The SMILES string of the molecule is O=C(NCCOc1cccnn1)c1cc2sc(Cl)c(Cl)c2[nH]1. The first kappa shape index (κ1) is 15.1. The first-order valence-corrected chi connectivity index (χ1v) is 7.87. The van der Waals surface area contributed by atoms with E-state index in [1.54, 1.807) is 24.4 Å². The number of nitrogens with one attached hydrogen (secondary N) is 2. The van der Waals surface area contributed by atoms with Gasteiger partial charge < -0.3 is 15.0 Å². The molecule has 0 aliphatic rings. The number of carbonyl (C=O) groups excluding carboxylic acids is 1. The molecule has 3 rings (SSSR count). The van der Waals surface area contributed by atoms with Gasteiger partial charge in [-0.3, -0.25) is 4.79 Å². The second-order valence-electron chi connectivity index (χ2n) is 4.28. The number of nitrogens with zero attached hydrogens (tertiary/aromatic N) is 2. The van der Waals surface area contributed by atoms with Crippen molar-refractivity contribution >= 4 is 50.7 Å². The van der Waals surface area contributed by atoms with Gasteiger partial charge >= 0.3 is 0 Å². The van der Waals surface area contributed by atoms with E-state index in [1.807, 2.05) is 0 Å². The normalized spacial score (nSPS) is 10.8. The number of halogens is 2. The summed E-state index contributed by atoms with van der Waals surface area (Å²) >= 11 is 13.3. The number of aromatic amines is 1. The Hall–Kier alpha value is -1.83. The standard InChI is InChI=1S/C13H10Cl2N4O2S/c14-10-11-8(22-12(10)15)6-7(18-11)13(20)16-4-5-21-9-2-1-3-17-19-9/h1-3,6,18H,4-5H2,(H,16,20). The van der Waals surface area contributed by atoms with E-state index in [-0.39, 0.29) is 5.91 Å². The van der Waals surface area contributed by atoms with Crippen molar-refractivity contribution < 1.29 is 9.53 Å². The molecule has 3 heterocycles. The van der Waals surface area contributed by atoms with Gasteiger partial charge in [0.2, 0.25) is 5.88 Å². The van der Waals surface area contributed by atoms with Crippen LogP contribution in [0.4, 0.5) is 0 Å². The zero-order valence-corrected chi connectivity index (χ0v) is 13.4. The highest BCUT2D eigenvalue weighted by Crippen LogP contribution is 2.38. The maximum absolute atomic E-state index is 12.0. The molecule has 0 aromatic carbocycles. The van der Waals surface area contributed by atoms with Crippen LogP contribution in [0, 0.1) is 0 Å². The molecule has 22 heavy (non-hydrogen) atoms. The lowest BCUT2D eigenvalue weighted by Crippen LogP contribution is -2.28. The summed E-state index contributed by atoms with van der Waals surface area (Å²) < 4.78 is 6.69. The summed E-state index contributed by atoms with van der Waals surface area (Å²) in [5, 5.41) is 10.6. The number of ether oxygens (including phenoxy) is 1. The van der Waals surface area contributed by atoms with Crippen LogP contribution in [-0.4, -0.2) is 34.2 Å². The minimum absolute atomic E-state index is 0.238. The number of fused-ring (bicyclic) bond motifs is 1. The minimum atomic E-state index is -0.238. The fourth-order valence-electron chi connectivity index (χ4n) is 1.82. The summed E-state index contributed by atoms with van der Waals surface area (Å²) in [6, 6.07) is 5.14. The van der Waals surface area contributed by atoms with Gasteiger partial charge in [0.05, 0.1) is 21.8 Å². The van der Waals surface area contributed by atoms with E-state index in [9.17, 15) is 4.79 Å². The molecule has 0 unspecified atom stereocenters.